The van der Waals surface area contributed by atoms with Crippen LogP contribution in [0.4, 0.5) is 0 Å². The molecule has 0 amide bonds. The summed E-state index contributed by atoms with van der Waals surface area (Å²) in [5.41, 5.74) is 1.24. The third-order valence-electron chi connectivity index (χ3n) is 3.44. The third kappa shape index (κ3) is 4.94. The number of benzene rings is 1. The Labute approximate surface area is 116 Å². The van der Waals surface area contributed by atoms with E-state index in [2.05, 4.69) is 36.5 Å². The van der Waals surface area contributed by atoms with E-state index in [-0.39, 0.29) is 12.2 Å². The summed E-state index contributed by atoms with van der Waals surface area (Å²) in [6, 6.07) is 10.4. The Morgan fingerprint density at radius 2 is 2.21 bits per heavy atom. The van der Waals surface area contributed by atoms with Gasteiger partial charge in [-0.1, -0.05) is 37.3 Å². The molecule has 3 heteroatoms. The summed E-state index contributed by atoms with van der Waals surface area (Å²) in [7, 11) is 0. The van der Waals surface area contributed by atoms with Crippen LogP contribution in [0.1, 0.15) is 37.9 Å². The van der Waals surface area contributed by atoms with Gasteiger partial charge in [-0.3, -0.25) is 0 Å². The first kappa shape index (κ1) is 14.5. The van der Waals surface area contributed by atoms with Crippen molar-refractivity contribution in [1.82, 2.24) is 5.32 Å². The van der Waals surface area contributed by atoms with Crippen LogP contribution in [0.25, 0.3) is 0 Å². The van der Waals surface area contributed by atoms with E-state index in [4.69, 9.17) is 9.47 Å². The van der Waals surface area contributed by atoms with Gasteiger partial charge < -0.3 is 14.8 Å². The minimum absolute atomic E-state index is 0.122. The summed E-state index contributed by atoms with van der Waals surface area (Å²) in [6.45, 7) is 5.67. The average molecular weight is 263 g/mol. The zero-order valence-corrected chi connectivity index (χ0v) is 11.8. The second-order valence-corrected chi connectivity index (χ2v) is 5.07. The van der Waals surface area contributed by atoms with E-state index in [1.807, 2.05) is 6.07 Å². The highest BCUT2D eigenvalue weighted by Gasteiger charge is 2.19. The molecule has 1 N–H and O–H groups in total. The minimum atomic E-state index is 0.122. The van der Waals surface area contributed by atoms with E-state index in [0.29, 0.717) is 6.61 Å². The zero-order valence-electron chi connectivity index (χ0n) is 11.8. The SMILES string of the molecule is CCCNCC(OCC1CCCO1)c1ccccc1. The van der Waals surface area contributed by atoms with E-state index in [1.165, 1.54) is 5.56 Å². The molecule has 1 aliphatic rings. The molecule has 3 nitrogen and oxygen atoms in total. The van der Waals surface area contributed by atoms with Crippen molar-refractivity contribution in [2.75, 3.05) is 26.3 Å². The van der Waals surface area contributed by atoms with Crippen molar-refractivity contribution < 1.29 is 9.47 Å². The number of rotatable bonds is 8. The van der Waals surface area contributed by atoms with Crippen LogP contribution in [0.3, 0.4) is 0 Å². The molecule has 0 aliphatic carbocycles. The van der Waals surface area contributed by atoms with Crippen LogP contribution in [-0.2, 0) is 9.47 Å². The van der Waals surface area contributed by atoms with E-state index in [1.54, 1.807) is 0 Å². The maximum atomic E-state index is 6.07. The number of ether oxygens (including phenoxy) is 2. The Hall–Kier alpha value is -0.900. The summed E-state index contributed by atoms with van der Waals surface area (Å²) in [4.78, 5) is 0. The van der Waals surface area contributed by atoms with Crippen LogP contribution in [-0.4, -0.2) is 32.4 Å². The molecule has 1 heterocycles. The molecule has 1 aromatic carbocycles. The summed E-state index contributed by atoms with van der Waals surface area (Å²) in [6.07, 6.45) is 3.85. The summed E-state index contributed by atoms with van der Waals surface area (Å²) >= 11 is 0. The molecule has 1 aliphatic heterocycles. The molecule has 1 aromatic rings. The third-order valence-corrected chi connectivity index (χ3v) is 3.44. The van der Waals surface area contributed by atoms with Crippen molar-refractivity contribution in [3.05, 3.63) is 35.9 Å². The van der Waals surface area contributed by atoms with Crippen molar-refractivity contribution in [2.24, 2.45) is 0 Å². The fourth-order valence-electron chi connectivity index (χ4n) is 2.35. The molecule has 1 fully saturated rings. The molecular formula is C16H25NO2. The van der Waals surface area contributed by atoms with Crippen molar-refractivity contribution >= 4 is 0 Å². The molecule has 1 saturated heterocycles. The summed E-state index contributed by atoms with van der Waals surface area (Å²) < 4.78 is 11.7. The lowest BCUT2D eigenvalue weighted by Crippen LogP contribution is -2.26. The normalized spacial score (nSPS) is 20.6. The number of hydrogen-bond acceptors (Lipinski definition) is 3. The first-order chi connectivity index (χ1) is 9.40. The van der Waals surface area contributed by atoms with Gasteiger partial charge in [0.1, 0.15) is 0 Å². The quantitative estimate of drug-likeness (QED) is 0.732. The van der Waals surface area contributed by atoms with E-state index >= 15 is 0 Å². The Balaban J connectivity index is 1.85. The van der Waals surface area contributed by atoms with Crippen LogP contribution in [0.15, 0.2) is 30.3 Å². The fraction of sp³-hybridized carbons (Fsp3) is 0.625. The lowest BCUT2D eigenvalue weighted by atomic mass is 10.1. The zero-order chi connectivity index (χ0) is 13.3. The van der Waals surface area contributed by atoms with Crippen molar-refractivity contribution in [3.8, 4) is 0 Å². The van der Waals surface area contributed by atoms with Crippen molar-refractivity contribution in [2.45, 2.75) is 38.4 Å². The number of nitrogens with one attached hydrogen (secondary N) is 1. The lowest BCUT2D eigenvalue weighted by Gasteiger charge is -2.21. The molecule has 0 radical (unpaired) electrons. The van der Waals surface area contributed by atoms with Gasteiger partial charge in [0.05, 0.1) is 18.8 Å². The summed E-state index contributed by atoms with van der Waals surface area (Å²) in [5.74, 6) is 0. The molecular weight excluding hydrogens is 238 g/mol. The van der Waals surface area contributed by atoms with Crippen LogP contribution in [0.2, 0.25) is 0 Å². The molecule has 2 unspecified atom stereocenters. The van der Waals surface area contributed by atoms with E-state index in [9.17, 15) is 0 Å². The minimum Gasteiger partial charge on any atom is -0.376 e. The predicted octanol–water partition coefficient (Wildman–Crippen LogP) is 2.92. The first-order valence-electron chi connectivity index (χ1n) is 7.39. The Morgan fingerprint density at radius 3 is 2.89 bits per heavy atom. The summed E-state index contributed by atoms with van der Waals surface area (Å²) in [5, 5.41) is 3.44. The highest BCUT2D eigenvalue weighted by atomic mass is 16.5. The second kappa shape index (κ2) is 8.31. The topological polar surface area (TPSA) is 30.5 Å². The number of hydrogen-bond donors (Lipinski definition) is 1. The molecule has 0 spiro atoms. The van der Waals surface area contributed by atoms with Gasteiger partial charge in [0.25, 0.3) is 0 Å². The van der Waals surface area contributed by atoms with Crippen LogP contribution >= 0.6 is 0 Å². The van der Waals surface area contributed by atoms with Crippen molar-refractivity contribution in [3.63, 3.8) is 0 Å². The monoisotopic (exact) mass is 263 g/mol. The van der Waals surface area contributed by atoms with Gasteiger partial charge in [0.15, 0.2) is 0 Å². The smallest absolute Gasteiger partial charge is 0.0950 e. The maximum absolute atomic E-state index is 6.07. The van der Waals surface area contributed by atoms with Gasteiger partial charge in [-0.25, -0.2) is 0 Å². The van der Waals surface area contributed by atoms with Crippen molar-refractivity contribution in [1.29, 1.82) is 0 Å². The predicted molar refractivity (Wildman–Crippen MR) is 77.3 cm³/mol. The first-order valence-corrected chi connectivity index (χ1v) is 7.39. The molecule has 2 rings (SSSR count). The largest absolute Gasteiger partial charge is 0.376 e. The van der Waals surface area contributed by atoms with Gasteiger partial charge in [-0.05, 0) is 31.4 Å². The van der Waals surface area contributed by atoms with Gasteiger partial charge in [0, 0.05) is 13.2 Å². The highest BCUT2D eigenvalue weighted by Crippen LogP contribution is 2.19. The molecule has 2 atom stereocenters. The van der Waals surface area contributed by atoms with Gasteiger partial charge in [-0.2, -0.15) is 0 Å². The highest BCUT2D eigenvalue weighted by molar-refractivity contribution is 5.17. The standard InChI is InChI=1S/C16H25NO2/c1-2-10-17-12-16(14-7-4-3-5-8-14)19-13-15-9-6-11-18-15/h3-5,7-8,15-17H,2,6,9-13H2,1H3. The molecule has 0 aromatic heterocycles. The van der Waals surface area contributed by atoms with Crippen LogP contribution in [0.5, 0.6) is 0 Å². The van der Waals surface area contributed by atoms with E-state index in [0.717, 1.165) is 39.0 Å². The van der Waals surface area contributed by atoms with E-state index < -0.39 is 0 Å². The second-order valence-electron chi connectivity index (χ2n) is 5.07. The molecule has 0 bridgehead atoms. The van der Waals surface area contributed by atoms with Crippen LogP contribution < -0.4 is 5.32 Å². The van der Waals surface area contributed by atoms with Gasteiger partial charge >= 0.3 is 0 Å². The maximum Gasteiger partial charge on any atom is 0.0950 e. The Bertz CT molecular complexity index is 336. The average Bonchev–Trinajstić information content (AvgIpc) is 2.97. The van der Waals surface area contributed by atoms with Crippen LogP contribution in [0, 0.1) is 0 Å². The molecule has 0 saturated carbocycles. The van der Waals surface area contributed by atoms with Gasteiger partial charge in [-0.15, -0.1) is 0 Å². The fourth-order valence-corrected chi connectivity index (χ4v) is 2.35. The van der Waals surface area contributed by atoms with Gasteiger partial charge in [0.2, 0.25) is 0 Å². The molecule has 106 valence electrons. The Kier molecular flexibility index (Phi) is 6.34. The Morgan fingerprint density at radius 1 is 1.37 bits per heavy atom. The lowest BCUT2D eigenvalue weighted by molar-refractivity contribution is -0.0209. The molecule has 19 heavy (non-hydrogen) atoms.